The third-order valence-electron chi connectivity index (χ3n) is 4.26. The second-order valence-electron chi connectivity index (χ2n) is 5.53. The van der Waals surface area contributed by atoms with Crippen molar-refractivity contribution in [2.75, 3.05) is 20.2 Å². The van der Waals surface area contributed by atoms with E-state index in [0.717, 1.165) is 42.3 Å². The molecule has 0 aliphatic carbocycles. The Hall–Kier alpha value is -2.33. The van der Waals surface area contributed by atoms with E-state index in [2.05, 4.69) is 53.6 Å². The zero-order valence-corrected chi connectivity index (χ0v) is 14.0. The predicted molar refractivity (Wildman–Crippen MR) is 93.8 cm³/mol. The van der Waals surface area contributed by atoms with Gasteiger partial charge in [-0.25, -0.2) is 4.98 Å². The predicted octanol–water partition coefficient (Wildman–Crippen LogP) is 3.85. The molecular weight excluding hydrogens is 286 g/mol. The summed E-state index contributed by atoms with van der Waals surface area (Å²) in [4.78, 5) is 7.26. The van der Waals surface area contributed by atoms with Crippen molar-refractivity contribution in [3.63, 3.8) is 0 Å². The second kappa shape index (κ2) is 6.84. The van der Waals surface area contributed by atoms with Gasteiger partial charge in [0.25, 0.3) is 0 Å². The molecule has 0 saturated heterocycles. The van der Waals surface area contributed by atoms with Gasteiger partial charge in [-0.3, -0.25) is 4.90 Å². The van der Waals surface area contributed by atoms with Crippen LogP contribution in [0.15, 0.2) is 48.7 Å². The van der Waals surface area contributed by atoms with Gasteiger partial charge in [-0.15, -0.1) is 0 Å². The summed E-state index contributed by atoms with van der Waals surface area (Å²) in [6.07, 6.45) is 2.09. The molecule has 4 nitrogen and oxygen atoms in total. The smallest absolute Gasteiger partial charge is 0.137 e. The molecule has 0 fully saturated rings. The number of hydrogen-bond donors (Lipinski definition) is 0. The van der Waals surface area contributed by atoms with Gasteiger partial charge < -0.3 is 9.14 Å². The lowest BCUT2D eigenvalue weighted by Gasteiger charge is -2.18. The van der Waals surface area contributed by atoms with Crippen LogP contribution in [0.2, 0.25) is 0 Å². The van der Waals surface area contributed by atoms with Crippen LogP contribution in [-0.4, -0.2) is 34.5 Å². The number of rotatable bonds is 6. The van der Waals surface area contributed by atoms with Crippen molar-refractivity contribution in [2.45, 2.75) is 20.4 Å². The highest BCUT2D eigenvalue weighted by atomic mass is 16.5. The highest BCUT2D eigenvalue weighted by Gasteiger charge is 2.15. The minimum absolute atomic E-state index is 0.864. The number of fused-ring (bicyclic) bond motifs is 1. The van der Waals surface area contributed by atoms with Crippen LogP contribution >= 0.6 is 0 Å². The molecule has 0 aliphatic rings. The Labute approximate surface area is 137 Å². The van der Waals surface area contributed by atoms with Crippen molar-refractivity contribution in [1.29, 1.82) is 0 Å². The molecule has 1 aromatic carbocycles. The SMILES string of the molecule is CCN(CC)Cc1c(-c2ccc(OC)cc2)nc2ccccn12. The molecule has 2 aromatic heterocycles. The van der Waals surface area contributed by atoms with Crippen LogP contribution < -0.4 is 4.74 Å². The first-order valence-corrected chi connectivity index (χ1v) is 8.09. The molecule has 0 spiro atoms. The Balaban J connectivity index is 2.10. The van der Waals surface area contributed by atoms with E-state index in [-0.39, 0.29) is 0 Å². The molecule has 0 N–H and O–H groups in total. The molecule has 23 heavy (non-hydrogen) atoms. The van der Waals surface area contributed by atoms with Gasteiger partial charge in [0.15, 0.2) is 0 Å². The largest absolute Gasteiger partial charge is 0.497 e. The number of nitrogens with zero attached hydrogens (tertiary/aromatic N) is 3. The van der Waals surface area contributed by atoms with Gasteiger partial charge in [0.1, 0.15) is 11.4 Å². The van der Waals surface area contributed by atoms with Crippen molar-refractivity contribution in [3.8, 4) is 17.0 Å². The second-order valence-corrected chi connectivity index (χ2v) is 5.53. The van der Waals surface area contributed by atoms with E-state index < -0.39 is 0 Å². The monoisotopic (exact) mass is 309 g/mol. The average molecular weight is 309 g/mol. The first kappa shape index (κ1) is 15.6. The summed E-state index contributed by atoms with van der Waals surface area (Å²) in [6, 6.07) is 14.3. The van der Waals surface area contributed by atoms with Crippen LogP contribution in [0, 0.1) is 0 Å². The van der Waals surface area contributed by atoms with E-state index in [0.29, 0.717) is 0 Å². The Morgan fingerprint density at radius 2 is 1.78 bits per heavy atom. The number of hydrogen-bond acceptors (Lipinski definition) is 3. The summed E-state index contributed by atoms with van der Waals surface area (Å²) in [7, 11) is 1.69. The van der Waals surface area contributed by atoms with Crippen molar-refractivity contribution in [3.05, 3.63) is 54.4 Å². The number of pyridine rings is 1. The molecule has 0 amide bonds. The average Bonchev–Trinajstić information content (AvgIpc) is 2.98. The van der Waals surface area contributed by atoms with Gasteiger partial charge in [0.05, 0.1) is 18.5 Å². The van der Waals surface area contributed by atoms with Gasteiger partial charge in [-0.1, -0.05) is 19.9 Å². The minimum atomic E-state index is 0.864. The van der Waals surface area contributed by atoms with Crippen molar-refractivity contribution >= 4 is 5.65 Å². The summed E-state index contributed by atoms with van der Waals surface area (Å²) >= 11 is 0. The third kappa shape index (κ3) is 3.08. The highest BCUT2D eigenvalue weighted by Crippen LogP contribution is 2.27. The van der Waals surface area contributed by atoms with Crippen LogP contribution in [-0.2, 0) is 6.54 Å². The fraction of sp³-hybridized carbons (Fsp3) is 0.316. The van der Waals surface area contributed by atoms with Crippen LogP contribution in [0.1, 0.15) is 19.5 Å². The van der Waals surface area contributed by atoms with Gasteiger partial charge in [-0.05, 0) is 49.5 Å². The van der Waals surface area contributed by atoms with E-state index in [1.165, 1.54) is 5.69 Å². The van der Waals surface area contributed by atoms with Crippen molar-refractivity contribution in [2.24, 2.45) is 0 Å². The van der Waals surface area contributed by atoms with E-state index in [1.807, 2.05) is 18.2 Å². The molecule has 0 atom stereocenters. The summed E-state index contributed by atoms with van der Waals surface area (Å²) in [5, 5.41) is 0. The summed E-state index contributed by atoms with van der Waals surface area (Å²) in [5.41, 5.74) is 4.39. The van der Waals surface area contributed by atoms with Gasteiger partial charge in [0.2, 0.25) is 0 Å². The molecule has 3 rings (SSSR count). The number of benzene rings is 1. The Morgan fingerprint density at radius 3 is 2.43 bits per heavy atom. The molecule has 4 heteroatoms. The Kier molecular flexibility index (Phi) is 4.63. The summed E-state index contributed by atoms with van der Waals surface area (Å²) < 4.78 is 7.45. The van der Waals surface area contributed by atoms with Crippen LogP contribution in [0.4, 0.5) is 0 Å². The zero-order valence-electron chi connectivity index (χ0n) is 14.0. The quantitative estimate of drug-likeness (QED) is 0.692. The number of imidazole rings is 1. The van der Waals surface area contributed by atoms with Crippen LogP contribution in [0.5, 0.6) is 5.75 Å². The number of ether oxygens (including phenoxy) is 1. The molecule has 120 valence electrons. The molecule has 0 saturated carbocycles. The third-order valence-corrected chi connectivity index (χ3v) is 4.26. The molecule has 3 aromatic rings. The lowest BCUT2D eigenvalue weighted by atomic mass is 10.1. The van der Waals surface area contributed by atoms with Crippen molar-refractivity contribution < 1.29 is 4.74 Å². The molecule has 0 radical (unpaired) electrons. The van der Waals surface area contributed by atoms with E-state index in [1.54, 1.807) is 7.11 Å². The van der Waals surface area contributed by atoms with Gasteiger partial charge in [0, 0.05) is 18.3 Å². The van der Waals surface area contributed by atoms with Gasteiger partial charge in [-0.2, -0.15) is 0 Å². The Morgan fingerprint density at radius 1 is 1.04 bits per heavy atom. The van der Waals surface area contributed by atoms with Gasteiger partial charge >= 0.3 is 0 Å². The minimum Gasteiger partial charge on any atom is -0.497 e. The fourth-order valence-corrected chi connectivity index (χ4v) is 2.84. The molecule has 0 aliphatic heterocycles. The van der Waals surface area contributed by atoms with E-state index >= 15 is 0 Å². The molecule has 2 heterocycles. The fourth-order valence-electron chi connectivity index (χ4n) is 2.84. The maximum absolute atomic E-state index is 5.26. The van der Waals surface area contributed by atoms with Crippen molar-refractivity contribution in [1.82, 2.24) is 14.3 Å². The maximum atomic E-state index is 5.26. The normalized spacial score (nSPS) is 11.3. The molecule has 0 bridgehead atoms. The highest BCUT2D eigenvalue weighted by molar-refractivity contribution is 5.67. The number of aromatic nitrogens is 2. The van der Waals surface area contributed by atoms with Crippen LogP contribution in [0.3, 0.4) is 0 Å². The Bertz CT molecular complexity index is 773. The molecule has 0 unspecified atom stereocenters. The lowest BCUT2D eigenvalue weighted by Crippen LogP contribution is -2.23. The maximum Gasteiger partial charge on any atom is 0.137 e. The van der Waals surface area contributed by atoms with E-state index in [4.69, 9.17) is 9.72 Å². The summed E-state index contributed by atoms with van der Waals surface area (Å²) in [6.45, 7) is 7.33. The number of methoxy groups -OCH3 is 1. The first-order chi connectivity index (χ1) is 11.3. The molecular formula is C19H23N3O. The zero-order chi connectivity index (χ0) is 16.2. The topological polar surface area (TPSA) is 29.8 Å². The lowest BCUT2D eigenvalue weighted by molar-refractivity contribution is 0.292. The van der Waals surface area contributed by atoms with Crippen LogP contribution in [0.25, 0.3) is 16.9 Å². The van der Waals surface area contributed by atoms with E-state index in [9.17, 15) is 0 Å². The summed E-state index contributed by atoms with van der Waals surface area (Å²) in [5.74, 6) is 0.864. The standard InChI is InChI=1S/C19H23N3O/c1-4-21(5-2)14-17-19(15-9-11-16(23-3)12-10-15)20-18-8-6-7-13-22(17)18/h6-13H,4-5,14H2,1-3H3. The first-order valence-electron chi connectivity index (χ1n) is 8.09.